The first-order valence-corrected chi connectivity index (χ1v) is 8.58. The first kappa shape index (κ1) is 16.5. The van der Waals surface area contributed by atoms with E-state index in [1.807, 2.05) is 30.3 Å². The monoisotopic (exact) mass is 360 g/mol. The van der Waals surface area contributed by atoms with Gasteiger partial charge < -0.3 is 0 Å². The van der Waals surface area contributed by atoms with Crippen LogP contribution in [0.2, 0.25) is 5.02 Å². The molecule has 0 heterocycles. The molecule has 0 N–H and O–H groups in total. The van der Waals surface area contributed by atoms with Gasteiger partial charge in [-0.05, 0) is 40.1 Å². The van der Waals surface area contributed by atoms with Crippen LogP contribution in [0, 0.1) is 5.82 Å². The Morgan fingerprint density at radius 1 is 0.769 bits per heavy atom. The number of carbonyl (C=O) groups is 1. The van der Waals surface area contributed by atoms with Crippen molar-refractivity contribution in [1.82, 2.24) is 0 Å². The normalized spacial score (nSPS) is 10.8. The van der Waals surface area contributed by atoms with E-state index in [4.69, 9.17) is 11.6 Å². The summed E-state index contributed by atoms with van der Waals surface area (Å²) in [4.78, 5) is 12.6. The average molecular weight is 361 g/mol. The Morgan fingerprint density at radius 3 is 2.27 bits per heavy atom. The molecule has 0 saturated heterocycles. The van der Waals surface area contributed by atoms with Crippen LogP contribution < -0.4 is 0 Å². The van der Waals surface area contributed by atoms with E-state index in [9.17, 15) is 9.18 Å². The lowest BCUT2D eigenvalue weighted by Gasteiger charge is -2.08. The van der Waals surface area contributed by atoms with E-state index in [0.29, 0.717) is 5.56 Å². The summed E-state index contributed by atoms with van der Waals surface area (Å²) in [5.74, 6) is -0.774. The van der Waals surface area contributed by atoms with Crippen LogP contribution in [-0.4, -0.2) is 5.78 Å². The first-order chi connectivity index (χ1) is 12.6. The van der Waals surface area contributed by atoms with Crippen molar-refractivity contribution in [3.63, 3.8) is 0 Å². The Morgan fingerprint density at radius 2 is 1.50 bits per heavy atom. The third-order valence-corrected chi connectivity index (χ3v) is 4.59. The lowest BCUT2D eigenvalue weighted by Crippen LogP contribution is -2.01. The molecule has 0 unspecified atom stereocenters. The lowest BCUT2D eigenvalue weighted by molar-refractivity contribution is 0.103. The maximum atomic E-state index is 13.5. The number of rotatable bonds is 3. The predicted molar refractivity (Wildman–Crippen MR) is 104 cm³/mol. The topological polar surface area (TPSA) is 17.1 Å². The van der Waals surface area contributed by atoms with E-state index < -0.39 is 5.82 Å². The first-order valence-electron chi connectivity index (χ1n) is 8.21. The van der Waals surface area contributed by atoms with Crippen LogP contribution >= 0.6 is 11.6 Å². The molecule has 0 bridgehead atoms. The number of carbonyl (C=O) groups excluding carboxylic acids is 1. The molecular formula is C23H14ClFO. The van der Waals surface area contributed by atoms with Crippen LogP contribution in [0.4, 0.5) is 4.39 Å². The summed E-state index contributed by atoms with van der Waals surface area (Å²) in [6.07, 6.45) is 0. The summed E-state index contributed by atoms with van der Waals surface area (Å²) in [6, 6.07) is 25.5. The van der Waals surface area contributed by atoms with Crippen molar-refractivity contribution >= 4 is 28.2 Å². The molecule has 4 aromatic carbocycles. The minimum atomic E-state index is -0.520. The van der Waals surface area contributed by atoms with E-state index in [1.165, 1.54) is 23.6 Å². The van der Waals surface area contributed by atoms with Crippen molar-refractivity contribution < 1.29 is 9.18 Å². The smallest absolute Gasteiger partial charge is 0.193 e. The molecule has 0 amide bonds. The van der Waals surface area contributed by atoms with Gasteiger partial charge in [-0.3, -0.25) is 4.79 Å². The lowest BCUT2D eigenvalue weighted by atomic mass is 9.96. The van der Waals surface area contributed by atoms with Gasteiger partial charge in [0, 0.05) is 16.1 Å². The van der Waals surface area contributed by atoms with Crippen molar-refractivity contribution in [3.05, 3.63) is 107 Å². The average Bonchev–Trinajstić information content (AvgIpc) is 2.66. The molecule has 126 valence electrons. The summed E-state index contributed by atoms with van der Waals surface area (Å²) >= 11 is 5.85. The molecule has 0 aliphatic rings. The number of benzene rings is 4. The van der Waals surface area contributed by atoms with Gasteiger partial charge in [-0.15, -0.1) is 0 Å². The molecule has 4 aromatic rings. The molecule has 0 aliphatic carbocycles. The molecule has 26 heavy (non-hydrogen) atoms. The zero-order valence-electron chi connectivity index (χ0n) is 13.7. The Bertz CT molecular complexity index is 1090. The second kappa shape index (κ2) is 6.74. The standard InChI is InChI=1S/C23H14ClFO/c24-19-12-18(13-20(25)14-19)23(26)17-10-8-16(9-11-17)22-7-3-5-15-4-1-2-6-21(15)22/h1-14H. The van der Waals surface area contributed by atoms with E-state index in [2.05, 4.69) is 24.3 Å². The Kier molecular flexibility index (Phi) is 4.27. The highest BCUT2D eigenvalue weighted by atomic mass is 35.5. The van der Waals surface area contributed by atoms with E-state index in [-0.39, 0.29) is 16.4 Å². The number of fused-ring (bicyclic) bond motifs is 1. The molecule has 3 heteroatoms. The van der Waals surface area contributed by atoms with Crippen molar-refractivity contribution in [2.45, 2.75) is 0 Å². The van der Waals surface area contributed by atoms with Gasteiger partial charge in [0.1, 0.15) is 5.82 Å². The van der Waals surface area contributed by atoms with Gasteiger partial charge >= 0.3 is 0 Å². The fraction of sp³-hybridized carbons (Fsp3) is 0. The molecule has 1 nitrogen and oxygen atoms in total. The summed E-state index contributed by atoms with van der Waals surface area (Å²) in [6.45, 7) is 0. The quantitative estimate of drug-likeness (QED) is 0.379. The fourth-order valence-electron chi connectivity index (χ4n) is 3.13. The Hall–Kier alpha value is -2.97. The van der Waals surface area contributed by atoms with Crippen LogP contribution in [0.3, 0.4) is 0 Å². The van der Waals surface area contributed by atoms with Gasteiger partial charge in [0.05, 0.1) is 0 Å². The van der Waals surface area contributed by atoms with Gasteiger partial charge in [-0.1, -0.05) is 78.3 Å². The molecular weight excluding hydrogens is 347 g/mol. The van der Waals surface area contributed by atoms with Gasteiger partial charge in [0.15, 0.2) is 5.78 Å². The summed E-state index contributed by atoms with van der Waals surface area (Å²) in [5, 5.41) is 2.53. The zero-order chi connectivity index (χ0) is 18.1. The second-order valence-electron chi connectivity index (χ2n) is 6.09. The Labute approximate surface area is 155 Å². The fourth-order valence-corrected chi connectivity index (χ4v) is 3.35. The molecule has 0 spiro atoms. The maximum absolute atomic E-state index is 13.5. The molecule has 0 atom stereocenters. The van der Waals surface area contributed by atoms with Gasteiger partial charge in [0.25, 0.3) is 0 Å². The number of hydrogen-bond donors (Lipinski definition) is 0. The highest BCUT2D eigenvalue weighted by Gasteiger charge is 2.12. The van der Waals surface area contributed by atoms with Crippen LogP contribution in [0.25, 0.3) is 21.9 Å². The summed E-state index contributed by atoms with van der Waals surface area (Å²) in [7, 11) is 0. The van der Waals surface area contributed by atoms with Crippen molar-refractivity contribution in [2.75, 3.05) is 0 Å². The van der Waals surface area contributed by atoms with E-state index >= 15 is 0 Å². The van der Waals surface area contributed by atoms with Crippen LogP contribution in [0.5, 0.6) is 0 Å². The maximum Gasteiger partial charge on any atom is 0.193 e. The number of halogens is 2. The molecule has 0 fully saturated rings. The van der Waals surface area contributed by atoms with Crippen LogP contribution in [-0.2, 0) is 0 Å². The minimum Gasteiger partial charge on any atom is -0.289 e. The molecule has 0 aromatic heterocycles. The predicted octanol–water partition coefficient (Wildman–Crippen LogP) is 6.53. The molecule has 0 saturated carbocycles. The SMILES string of the molecule is O=C(c1ccc(-c2cccc3ccccc23)cc1)c1cc(F)cc(Cl)c1. The highest BCUT2D eigenvalue weighted by molar-refractivity contribution is 6.31. The summed E-state index contributed by atoms with van der Waals surface area (Å²) < 4.78 is 13.5. The summed E-state index contributed by atoms with van der Waals surface area (Å²) in [5.41, 5.74) is 2.87. The highest BCUT2D eigenvalue weighted by Crippen LogP contribution is 2.29. The molecule has 0 radical (unpaired) electrons. The second-order valence-corrected chi connectivity index (χ2v) is 6.53. The zero-order valence-corrected chi connectivity index (χ0v) is 14.5. The third-order valence-electron chi connectivity index (χ3n) is 4.37. The third kappa shape index (κ3) is 3.12. The van der Waals surface area contributed by atoms with Gasteiger partial charge in [0.2, 0.25) is 0 Å². The van der Waals surface area contributed by atoms with Crippen molar-refractivity contribution in [1.29, 1.82) is 0 Å². The van der Waals surface area contributed by atoms with Gasteiger partial charge in [-0.25, -0.2) is 4.39 Å². The molecule has 4 rings (SSSR count). The number of ketones is 1. The van der Waals surface area contributed by atoms with E-state index in [0.717, 1.165) is 16.5 Å². The Balaban J connectivity index is 1.71. The van der Waals surface area contributed by atoms with Crippen LogP contribution in [0.15, 0.2) is 84.9 Å². The van der Waals surface area contributed by atoms with Crippen molar-refractivity contribution in [3.8, 4) is 11.1 Å². The molecule has 0 aliphatic heterocycles. The largest absolute Gasteiger partial charge is 0.289 e. The van der Waals surface area contributed by atoms with Crippen LogP contribution in [0.1, 0.15) is 15.9 Å². The van der Waals surface area contributed by atoms with Gasteiger partial charge in [-0.2, -0.15) is 0 Å². The van der Waals surface area contributed by atoms with E-state index in [1.54, 1.807) is 12.1 Å². The minimum absolute atomic E-state index is 0.209. The number of hydrogen-bond acceptors (Lipinski definition) is 1. The van der Waals surface area contributed by atoms with Crippen molar-refractivity contribution in [2.24, 2.45) is 0 Å².